The second-order valence-electron chi connectivity index (χ2n) is 4.64. The van der Waals surface area contributed by atoms with Crippen molar-refractivity contribution < 1.29 is 4.74 Å². The van der Waals surface area contributed by atoms with Crippen molar-refractivity contribution in [3.63, 3.8) is 0 Å². The number of aromatic nitrogens is 3. The second kappa shape index (κ2) is 5.18. The predicted octanol–water partition coefficient (Wildman–Crippen LogP) is 2.14. The van der Waals surface area contributed by atoms with Crippen LogP contribution in [0.2, 0.25) is 0 Å². The van der Waals surface area contributed by atoms with E-state index >= 15 is 0 Å². The van der Waals surface area contributed by atoms with Crippen LogP contribution >= 0.6 is 12.2 Å². The van der Waals surface area contributed by atoms with Crippen molar-refractivity contribution in [3.05, 3.63) is 4.77 Å². The number of nitrogens with zero attached hydrogens (tertiary/aromatic N) is 3. The number of anilines is 1. The monoisotopic (exact) mass is 256 g/mol. The number of H-pyrrole nitrogens is 1. The first-order valence-corrected chi connectivity index (χ1v) is 6.57. The van der Waals surface area contributed by atoms with E-state index < -0.39 is 0 Å². The standard InChI is InChI=1S/C11H20N4OS/c1-4-9-7-14(5-6-16-9)10-12-13-11(17)15(10)8(2)3/h8-9H,4-7H2,1-3H3,(H,13,17). The summed E-state index contributed by atoms with van der Waals surface area (Å²) in [6, 6.07) is 0.319. The molecule has 1 aromatic heterocycles. The van der Waals surface area contributed by atoms with Gasteiger partial charge >= 0.3 is 0 Å². The summed E-state index contributed by atoms with van der Waals surface area (Å²) in [5.74, 6) is 0.937. The van der Waals surface area contributed by atoms with E-state index in [2.05, 4.69) is 40.4 Å². The van der Waals surface area contributed by atoms with Gasteiger partial charge in [-0.2, -0.15) is 0 Å². The number of morpholine rings is 1. The number of ether oxygens (including phenoxy) is 1. The van der Waals surface area contributed by atoms with Crippen molar-refractivity contribution in [3.8, 4) is 0 Å². The molecule has 0 amide bonds. The average Bonchev–Trinajstić information content (AvgIpc) is 2.71. The Morgan fingerprint density at radius 2 is 2.35 bits per heavy atom. The van der Waals surface area contributed by atoms with Crippen LogP contribution in [0.1, 0.15) is 33.2 Å². The number of hydrogen-bond donors (Lipinski definition) is 1. The minimum atomic E-state index is 0.301. The molecule has 17 heavy (non-hydrogen) atoms. The number of rotatable bonds is 3. The molecule has 1 aliphatic rings. The van der Waals surface area contributed by atoms with E-state index in [4.69, 9.17) is 17.0 Å². The highest BCUT2D eigenvalue weighted by molar-refractivity contribution is 7.71. The summed E-state index contributed by atoms with van der Waals surface area (Å²) in [6.45, 7) is 8.91. The molecule has 0 spiro atoms. The fraction of sp³-hybridized carbons (Fsp3) is 0.818. The lowest BCUT2D eigenvalue weighted by Crippen LogP contribution is -2.43. The SMILES string of the molecule is CCC1CN(c2n[nH]c(=S)n2C(C)C)CCO1. The van der Waals surface area contributed by atoms with Gasteiger partial charge in [-0.3, -0.25) is 4.57 Å². The van der Waals surface area contributed by atoms with Gasteiger partial charge in [-0.15, -0.1) is 5.10 Å². The van der Waals surface area contributed by atoms with Gasteiger partial charge in [0.1, 0.15) is 0 Å². The summed E-state index contributed by atoms with van der Waals surface area (Å²) in [5.41, 5.74) is 0. The van der Waals surface area contributed by atoms with Crippen LogP contribution in [0.4, 0.5) is 5.95 Å². The van der Waals surface area contributed by atoms with Crippen molar-refractivity contribution in [2.45, 2.75) is 39.3 Å². The van der Waals surface area contributed by atoms with Crippen molar-refractivity contribution in [1.82, 2.24) is 14.8 Å². The summed E-state index contributed by atoms with van der Waals surface area (Å²) in [5, 5.41) is 7.23. The molecule has 1 saturated heterocycles. The van der Waals surface area contributed by atoms with E-state index in [1.807, 2.05) is 0 Å². The Bertz CT molecular complexity index is 425. The molecule has 1 aliphatic heterocycles. The maximum atomic E-state index is 5.67. The van der Waals surface area contributed by atoms with Crippen molar-refractivity contribution in [2.75, 3.05) is 24.6 Å². The van der Waals surface area contributed by atoms with Crippen molar-refractivity contribution in [1.29, 1.82) is 0 Å². The highest BCUT2D eigenvalue weighted by Gasteiger charge is 2.23. The van der Waals surface area contributed by atoms with Crippen molar-refractivity contribution in [2.24, 2.45) is 0 Å². The fourth-order valence-electron chi connectivity index (χ4n) is 2.13. The first-order valence-electron chi connectivity index (χ1n) is 6.17. The largest absolute Gasteiger partial charge is 0.375 e. The van der Waals surface area contributed by atoms with Gasteiger partial charge in [-0.1, -0.05) is 6.92 Å². The highest BCUT2D eigenvalue weighted by atomic mass is 32.1. The molecule has 5 nitrogen and oxygen atoms in total. The Balaban J connectivity index is 2.24. The van der Waals surface area contributed by atoms with Gasteiger partial charge in [-0.05, 0) is 32.5 Å². The third-order valence-electron chi connectivity index (χ3n) is 3.08. The number of hydrogen-bond acceptors (Lipinski definition) is 4. The van der Waals surface area contributed by atoms with Crippen LogP contribution in [0.15, 0.2) is 0 Å². The molecule has 2 heterocycles. The Morgan fingerprint density at radius 3 is 3.00 bits per heavy atom. The highest BCUT2D eigenvalue weighted by Crippen LogP contribution is 2.20. The smallest absolute Gasteiger partial charge is 0.226 e. The molecular formula is C11H20N4OS. The summed E-state index contributed by atoms with van der Waals surface area (Å²) in [4.78, 5) is 2.25. The molecule has 1 atom stereocenters. The van der Waals surface area contributed by atoms with Crippen LogP contribution in [-0.4, -0.2) is 40.6 Å². The molecule has 96 valence electrons. The summed E-state index contributed by atoms with van der Waals surface area (Å²) < 4.78 is 8.42. The molecule has 0 radical (unpaired) electrons. The van der Waals surface area contributed by atoms with Crippen LogP contribution < -0.4 is 4.90 Å². The minimum Gasteiger partial charge on any atom is -0.375 e. The lowest BCUT2D eigenvalue weighted by molar-refractivity contribution is 0.0376. The minimum absolute atomic E-state index is 0.301. The molecule has 2 rings (SSSR count). The van der Waals surface area contributed by atoms with Gasteiger partial charge in [-0.25, -0.2) is 5.10 Å². The van der Waals surface area contributed by atoms with E-state index in [1.54, 1.807) is 0 Å². The van der Waals surface area contributed by atoms with Gasteiger partial charge < -0.3 is 9.64 Å². The van der Waals surface area contributed by atoms with E-state index in [0.29, 0.717) is 16.9 Å². The third-order valence-corrected chi connectivity index (χ3v) is 3.37. The summed E-state index contributed by atoms with van der Waals surface area (Å²) in [7, 11) is 0. The van der Waals surface area contributed by atoms with E-state index in [0.717, 1.165) is 32.1 Å². The lowest BCUT2D eigenvalue weighted by Gasteiger charge is -2.33. The van der Waals surface area contributed by atoms with Crippen LogP contribution in [0.3, 0.4) is 0 Å². The predicted molar refractivity (Wildman–Crippen MR) is 70.0 cm³/mol. The zero-order valence-electron chi connectivity index (χ0n) is 10.6. The lowest BCUT2D eigenvalue weighted by atomic mass is 10.2. The molecule has 1 fully saturated rings. The first kappa shape index (κ1) is 12.6. The normalized spacial score (nSPS) is 21.2. The van der Waals surface area contributed by atoms with Crippen LogP contribution in [-0.2, 0) is 4.74 Å². The molecule has 6 heteroatoms. The van der Waals surface area contributed by atoms with Crippen LogP contribution in [0.5, 0.6) is 0 Å². The van der Waals surface area contributed by atoms with Crippen molar-refractivity contribution >= 4 is 18.2 Å². The zero-order chi connectivity index (χ0) is 12.4. The summed E-state index contributed by atoms with van der Waals surface area (Å²) in [6.07, 6.45) is 1.33. The number of nitrogens with one attached hydrogen (secondary N) is 1. The Labute approximate surface area is 107 Å². The molecule has 0 aromatic carbocycles. The van der Waals surface area contributed by atoms with Gasteiger partial charge in [0.2, 0.25) is 5.95 Å². The molecular weight excluding hydrogens is 236 g/mol. The molecule has 1 aromatic rings. The van der Waals surface area contributed by atoms with E-state index in [9.17, 15) is 0 Å². The topological polar surface area (TPSA) is 46.1 Å². The molecule has 0 bridgehead atoms. The first-order chi connectivity index (χ1) is 8.13. The van der Waals surface area contributed by atoms with Gasteiger partial charge in [0.15, 0.2) is 4.77 Å². The van der Waals surface area contributed by atoms with Gasteiger partial charge in [0.25, 0.3) is 0 Å². The average molecular weight is 256 g/mol. The van der Waals surface area contributed by atoms with E-state index in [1.165, 1.54) is 0 Å². The van der Waals surface area contributed by atoms with E-state index in [-0.39, 0.29) is 0 Å². The quantitative estimate of drug-likeness (QED) is 0.842. The molecule has 1 unspecified atom stereocenters. The van der Waals surface area contributed by atoms with Gasteiger partial charge in [0.05, 0.1) is 12.7 Å². The number of aromatic amines is 1. The Morgan fingerprint density at radius 1 is 1.59 bits per heavy atom. The summed E-state index contributed by atoms with van der Waals surface area (Å²) >= 11 is 5.26. The van der Waals surface area contributed by atoms with Crippen LogP contribution in [0, 0.1) is 4.77 Å². The maximum Gasteiger partial charge on any atom is 0.226 e. The third kappa shape index (κ3) is 2.52. The molecule has 1 N–H and O–H groups in total. The van der Waals surface area contributed by atoms with Gasteiger partial charge in [0, 0.05) is 19.1 Å². The zero-order valence-corrected chi connectivity index (χ0v) is 11.5. The van der Waals surface area contributed by atoms with Crippen LogP contribution in [0.25, 0.3) is 0 Å². The molecule has 0 saturated carbocycles. The molecule has 0 aliphatic carbocycles. The Hall–Kier alpha value is -0.880. The Kier molecular flexibility index (Phi) is 3.83. The second-order valence-corrected chi connectivity index (χ2v) is 5.03. The fourth-order valence-corrected chi connectivity index (χ4v) is 2.47. The maximum absolute atomic E-state index is 5.67.